The van der Waals surface area contributed by atoms with E-state index in [4.69, 9.17) is 0 Å². The number of fused-ring (bicyclic) bond motifs is 6. The Morgan fingerprint density at radius 1 is 0.356 bits per heavy atom. The van der Waals surface area contributed by atoms with Crippen molar-refractivity contribution in [1.29, 1.82) is 0 Å². The molecule has 3 saturated carbocycles. The van der Waals surface area contributed by atoms with Crippen LogP contribution in [0.15, 0.2) is 228 Å². The van der Waals surface area contributed by atoms with Crippen LogP contribution in [-0.4, -0.2) is 0 Å². The summed E-state index contributed by atoms with van der Waals surface area (Å²) in [5.41, 5.74) is 15.6. The summed E-state index contributed by atoms with van der Waals surface area (Å²) in [6.07, 6.45) is 48.4. The molecule has 0 nitrogen and oxygen atoms in total. The van der Waals surface area contributed by atoms with Gasteiger partial charge in [-0.1, -0.05) is 327 Å². The first kappa shape index (κ1) is 63.1. The second kappa shape index (κ2) is 25.4. The van der Waals surface area contributed by atoms with Crippen molar-refractivity contribution in [3.63, 3.8) is 0 Å². The van der Waals surface area contributed by atoms with Gasteiger partial charge in [-0.2, -0.15) is 0 Å². The van der Waals surface area contributed by atoms with Crippen LogP contribution < -0.4 is 0 Å². The first-order chi connectivity index (χ1) is 41.5. The monoisotopic (exact) mass is 1160 g/mol. The number of rotatable bonds is 19. The van der Waals surface area contributed by atoms with Crippen molar-refractivity contribution in [2.24, 2.45) is 92.7 Å². The summed E-state index contributed by atoms with van der Waals surface area (Å²) >= 11 is 0. The second-order valence-electron chi connectivity index (χ2n) is 33.0. The Labute approximate surface area is 530 Å². The zero-order valence-electron chi connectivity index (χ0n) is 56.6. The molecule has 0 heterocycles. The van der Waals surface area contributed by atoms with E-state index < -0.39 is 0 Å². The van der Waals surface area contributed by atoms with E-state index in [0.717, 1.165) is 5.92 Å². The van der Waals surface area contributed by atoms with E-state index >= 15 is 0 Å². The van der Waals surface area contributed by atoms with Crippen LogP contribution in [0, 0.1) is 92.7 Å². The van der Waals surface area contributed by atoms with E-state index in [2.05, 4.69) is 291 Å². The number of unbranched alkanes of at least 4 members (excludes halogenated alkanes) is 4. The van der Waals surface area contributed by atoms with E-state index in [-0.39, 0.29) is 32.5 Å². The molecule has 0 radical (unpaired) electrons. The first-order valence-electron chi connectivity index (χ1n) is 35.0. The number of benzene rings is 4. The zero-order chi connectivity index (χ0) is 61.5. The molecule has 10 unspecified atom stereocenters. The topological polar surface area (TPSA) is 0 Å². The predicted molar refractivity (Wildman–Crippen MR) is 374 cm³/mol. The number of hydrogen-bond donors (Lipinski definition) is 0. The molecule has 11 rings (SSSR count). The lowest BCUT2D eigenvalue weighted by Gasteiger charge is -2.50. The maximum Gasteiger partial charge on any atom is 0.0270 e. The molecule has 4 aromatic rings. The molecule has 0 N–H and O–H groups in total. The van der Waals surface area contributed by atoms with Gasteiger partial charge in [0.05, 0.1) is 0 Å². The smallest absolute Gasteiger partial charge is 0.0270 e. The van der Waals surface area contributed by atoms with Crippen molar-refractivity contribution in [3.05, 3.63) is 250 Å². The molecular weight excluding hydrogens is 1040 g/mol. The van der Waals surface area contributed by atoms with Gasteiger partial charge in [-0.05, 0) is 196 Å². The highest BCUT2D eigenvalue weighted by Gasteiger charge is 2.62. The van der Waals surface area contributed by atoms with Crippen LogP contribution in [0.5, 0.6) is 0 Å². The first-order valence-corrected chi connectivity index (χ1v) is 35.0. The maximum atomic E-state index is 2.79. The minimum Gasteiger partial charge on any atom is -0.0799 e. The lowest BCUT2D eigenvalue weighted by molar-refractivity contribution is 0.153. The normalized spacial score (nSPS) is 28.3. The molecule has 3 fully saturated rings. The van der Waals surface area contributed by atoms with Gasteiger partial charge in [0.25, 0.3) is 0 Å². The lowest BCUT2D eigenvalue weighted by atomic mass is 9.52. The van der Waals surface area contributed by atoms with Gasteiger partial charge in [-0.3, -0.25) is 0 Å². The van der Waals surface area contributed by atoms with Crippen molar-refractivity contribution in [3.8, 4) is 0 Å². The minimum atomic E-state index is -0.117. The van der Waals surface area contributed by atoms with Crippen molar-refractivity contribution in [1.82, 2.24) is 0 Å². The van der Waals surface area contributed by atoms with Crippen molar-refractivity contribution in [2.45, 2.75) is 191 Å². The van der Waals surface area contributed by atoms with Crippen molar-refractivity contribution < 1.29 is 0 Å². The van der Waals surface area contributed by atoms with E-state index in [1.165, 1.54) is 117 Å². The van der Waals surface area contributed by atoms with Gasteiger partial charge in [0, 0.05) is 10.8 Å². The SMILES string of the molecule is C/C(CCCCCCCC(c1ccccc1)(c1ccccc1)C1C2C=C(C(C)(C)C)C=CC2C2C=CC(C(C)(C)C)=CC21)=C(/C)CCCC1CCC(C(c2ccccc2)(c2ccccc2)C2C3C=C(C(C)(C)C)C=CC3C3C=CC(C(C)(C)C)=CC32)C1. The molecule has 0 spiro atoms. The molecule has 460 valence electrons. The number of hydrogen-bond acceptors (Lipinski definition) is 0. The van der Waals surface area contributed by atoms with E-state index in [9.17, 15) is 0 Å². The summed E-state index contributed by atoms with van der Waals surface area (Å²) in [5.74, 6) is 6.04. The summed E-state index contributed by atoms with van der Waals surface area (Å²) in [6.45, 7) is 33.9. The largest absolute Gasteiger partial charge is 0.0799 e. The summed E-state index contributed by atoms with van der Waals surface area (Å²) in [4.78, 5) is 0. The Morgan fingerprint density at radius 2 is 0.690 bits per heavy atom. The quantitative estimate of drug-likeness (QED) is 0.0648. The van der Waals surface area contributed by atoms with Gasteiger partial charge in [0.2, 0.25) is 0 Å². The highest BCUT2D eigenvalue weighted by molar-refractivity contribution is 5.50. The van der Waals surface area contributed by atoms with Gasteiger partial charge in [-0.25, -0.2) is 0 Å². The van der Waals surface area contributed by atoms with Gasteiger partial charge in [-0.15, -0.1) is 0 Å². The second-order valence-corrected chi connectivity index (χ2v) is 33.0. The Hall–Kier alpha value is -5.46. The number of allylic oxidation sites excluding steroid dienone is 18. The standard InChI is InChI=1S/C87H112/c1-60(33-22-16-15-17-31-54-86(63-36-23-18-24-37-63,64-38-25-19-26-39-64)80-76-56-67(82(3,4)5)46-50-72(76)73-51-47-68(57-77(73)80)83(6,7)8)61(2)34-32-35-62-44-45-71(55-62)87(65-40-27-20-28-41-65,66-42-29-21-30-43-66)81-78-58-69(84(9,10)11)48-52-74(78)75-53-49-70(59-79(75)81)85(12,13)14/h18-21,23-30,36-43,46-53,56-59,62,71-81H,15-17,22,31-35,44-45,54-55H2,1-14H3/b61-60+. The van der Waals surface area contributed by atoms with E-state index in [1.54, 1.807) is 22.3 Å². The third kappa shape index (κ3) is 12.6. The van der Waals surface area contributed by atoms with Gasteiger partial charge in [0.15, 0.2) is 0 Å². The summed E-state index contributed by atoms with van der Waals surface area (Å²) in [7, 11) is 0. The van der Waals surface area contributed by atoms with Gasteiger partial charge >= 0.3 is 0 Å². The average molecular weight is 1160 g/mol. The Kier molecular flexibility index (Phi) is 18.5. The lowest BCUT2D eigenvalue weighted by Crippen LogP contribution is -2.47. The van der Waals surface area contributed by atoms with Crippen LogP contribution in [-0.2, 0) is 10.8 Å². The van der Waals surface area contributed by atoms with Crippen LogP contribution in [0.2, 0.25) is 0 Å². The van der Waals surface area contributed by atoms with Crippen LogP contribution in [0.1, 0.15) is 203 Å². The van der Waals surface area contributed by atoms with Crippen LogP contribution in [0.25, 0.3) is 0 Å². The fraction of sp³-hybridized carbons (Fsp3) is 0.517. The third-order valence-corrected chi connectivity index (χ3v) is 23.6. The average Bonchev–Trinajstić information content (AvgIpc) is 1.61. The molecule has 0 amide bonds. The van der Waals surface area contributed by atoms with E-state index in [1.807, 2.05) is 0 Å². The Balaban J connectivity index is 0.773. The molecule has 0 heteroatoms. The fourth-order valence-electron chi connectivity index (χ4n) is 18.9. The Bertz CT molecular complexity index is 3090. The van der Waals surface area contributed by atoms with Gasteiger partial charge < -0.3 is 0 Å². The maximum absolute atomic E-state index is 2.79. The minimum absolute atomic E-state index is 0.101. The van der Waals surface area contributed by atoms with E-state index in [0.29, 0.717) is 65.1 Å². The van der Waals surface area contributed by atoms with Crippen LogP contribution in [0.4, 0.5) is 0 Å². The molecule has 0 aliphatic heterocycles. The molecule has 10 atom stereocenters. The van der Waals surface area contributed by atoms with Gasteiger partial charge in [0.1, 0.15) is 0 Å². The third-order valence-electron chi connectivity index (χ3n) is 23.6. The summed E-state index contributed by atoms with van der Waals surface area (Å²) in [6, 6.07) is 47.7. The van der Waals surface area contributed by atoms with Crippen molar-refractivity contribution in [2.75, 3.05) is 0 Å². The molecule has 4 aromatic carbocycles. The highest BCUT2D eigenvalue weighted by Crippen LogP contribution is 2.67. The van der Waals surface area contributed by atoms with Crippen LogP contribution >= 0.6 is 0 Å². The molecule has 87 heavy (non-hydrogen) atoms. The zero-order valence-corrected chi connectivity index (χ0v) is 56.6. The van der Waals surface area contributed by atoms with Crippen molar-refractivity contribution >= 4 is 0 Å². The fourth-order valence-corrected chi connectivity index (χ4v) is 18.9. The van der Waals surface area contributed by atoms with Crippen LogP contribution in [0.3, 0.4) is 0 Å². The molecule has 0 saturated heterocycles. The highest BCUT2D eigenvalue weighted by atomic mass is 14.6. The molecule has 7 aliphatic carbocycles. The predicted octanol–water partition coefficient (Wildman–Crippen LogP) is 24.0. The molecule has 7 aliphatic rings. The molecule has 0 bridgehead atoms. The Morgan fingerprint density at radius 3 is 1.07 bits per heavy atom. The molecule has 0 aromatic heterocycles. The summed E-state index contributed by atoms with van der Waals surface area (Å²) < 4.78 is 0. The summed E-state index contributed by atoms with van der Waals surface area (Å²) in [5, 5.41) is 0. The molecular formula is C87H112.